The monoisotopic (exact) mass is 528 g/mol. The number of anilines is 2. The first-order chi connectivity index (χ1) is 17.9. The minimum Gasteiger partial charge on any atom is -0.394 e. The van der Waals surface area contributed by atoms with E-state index in [1.54, 1.807) is 18.3 Å². The number of aliphatic hydroxyl groups is 1. The number of aromatic nitrogens is 2. The molecule has 4 aromatic rings. The highest BCUT2D eigenvalue weighted by molar-refractivity contribution is 6.34. The van der Waals surface area contributed by atoms with Crippen LogP contribution in [0.4, 0.5) is 24.7 Å². The summed E-state index contributed by atoms with van der Waals surface area (Å²) in [7, 11) is 0. The zero-order valence-corrected chi connectivity index (χ0v) is 20.4. The Morgan fingerprint density at radius 2 is 1.89 bits per heavy atom. The smallest absolute Gasteiger partial charge is 0.262 e. The number of nitrogens with one attached hydrogen (secondary N) is 1. The summed E-state index contributed by atoms with van der Waals surface area (Å²) in [6.45, 7) is 1.67. The number of nitrogens with zero attached hydrogens (tertiary/aromatic N) is 3. The average Bonchev–Trinajstić information content (AvgIpc) is 2.93. The molecule has 10 heteroatoms. The van der Waals surface area contributed by atoms with Crippen LogP contribution in [0.2, 0.25) is 5.02 Å². The fourth-order valence-corrected chi connectivity index (χ4v) is 4.64. The van der Waals surface area contributed by atoms with Gasteiger partial charge in [0.2, 0.25) is 0 Å². The van der Waals surface area contributed by atoms with E-state index in [1.165, 1.54) is 24.4 Å². The molecule has 0 amide bonds. The molecule has 192 valence electrons. The largest absolute Gasteiger partial charge is 0.394 e. The molecule has 2 aromatic carbocycles. The summed E-state index contributed by atoms with van der Waals surface area (Å²) in [5.74, 6) is 0.0373. The van der Waals surface area contributed by atoms with E-state index < -0.39 is 18.3 Å². The fraction of sp³-hybridized carbons (Fsp3) is 0.259. The standard InChI is InChI=1S/C27H24ClF3N4O2/c28-21-13-32-23-7-5-16(17-6-8-24(33-12-17)35-9-10-37-18(14-35)15-36)11-20(23)25(21)34-26(27(30)31)19-3-1-2-4-22(19)29/h1-8,11-13,18,26-27,36H,9-10,14-15H2,(H,32,34)/t18-,26+/m1/s1. The lowest BCUT2D eigenvalue weighted by atomic mass is 10.0. The second-order valence-electron chi connectivity index (χ2n) is 8.72. The van der Waals surface area contributed by atoms with Crippen LogP contribution in [0.5, 0.6) is 0 Å². The molecule has 1 saturated heterocycles. The molecule has 1 fully saturated rings. The van der Waals surface area contributed by atoms with Crippen molar-refractivity contribution in [1.29, 1.82) is 0 Å². The van der Waals surface area contributed by atoms with Crippen molar-refractivity contribution < 1.29 is 23.0 Å². The Morgan fingerprint density at radius 3 is 2.62 bits per heavy atom. The molecule has 0 unspecified atom stereocenters. The van der Waals surface area contributed by atoms with Gasteiger partial charge >= 0.3 is 0 Å². The predicted octanol–water partition coefficient (Wildman–Crippen LogP) is 5.71. The average molecular weight is 529 g/mol. The highest BCUT2D eigenvalue weighted by Gasteiger charge is 2.27. The number of benzene rings is 2. The fourth-order valence-electron chi connectivity index (χ4n) is 4.44. The number of rotatable bonds is 7. The zero-order valence-electron chi connectivity index (χ0n) is 19.6. The predicted molar refractivity (Wildman–Crippen MR) is 138 cm³/mol. The zero-order chi connectivity index (χ0) is 25.9. The Kier molecular flexibility index (Phi) is 7.45. The molecule has 0 spiro atoms. The lowest BCUT2D eigenvalue weighted by Crippen LogP contribution is -2.44. The number of hydrogen-bond donors (Lipinski definition) is 2. The SMILES string of the molecule is OC[C@H]1CN(c2ccc(-c3ccc4ncc(Cl)c(N[C@@H](c5ccccc5F)C(F)F)c4c3)cn2)CCO1. The van der Waals surface area contributed by atoms with E-state index in [4.69, 9.17) is 16.3 Å². The molecule has 2 aromatic heterocycles. The van der Waals surface area contributed by atoms with E-state index >= 15 is 0 Å². The Bertz CT molecular complexity index is 1390. The van der Waals surface area contributed by atoms with Gasteiger partial charge in [-0.25, -0.2) is 18.2 Å². The Balaban J connectivity index is 1.48. The van der Waals surface area contributed by atoms with Gasteiger partial charge in [0.05, 0.1) is 35.5 Å². The van der Waals surface area contributed by atoms with Crippen molar-refractivity contribution in [3.05, 3.63) is 83.4 Å². The molecule has 5 rings (SSSR count). The maximum atomic E-state index is 14.4. The van der Waals surface area contributed by atoms with Gasteiger partial charge in [-0.15, -0.1) is 0 Å². The first-order valence-electron chi connectivity index (χ1n) is 11.8. The van der Waals surface area contributed by atoms with Crippen LogP contribution in [-0.4, -0.2) is 53.9 Å². The van der Waals surface area contributed by atoms with E-state index in [2.05, 4.69) is 15.3 Å². The first-order valence-corrected chi connectivity index (χ1v) is 12.1. The van der Waals surface area contributed by atoms with Crippen LogP contribution < -0.4 is 10.2 Å². The molecule has 1 aliphatic heterocycles. The maximum absolute atomic E-state index is 14.4. The van der Waals surface area contributed by atoms with Crippen LogP contribution in [0.3, 0.4) is 0 Å². The van der Waals surface area contributed by atoms with E-state index in [1.807, 2.05) is 23.1 Å². The van der Waals surface area contributed by atoms with Crippen molar-refractivity contribution >= 4 is 34.0 Å². The molecule has 1 aliphatic rings. The van der Waals surface area contributed by atoms with Gasteiger partial charge in [-0.2, -0.15) is 0 Å². The molecule has 2 N–H and O–H groups in total. The summed E-state index contributed by atoms with van der Waals surface area (Å²) >= 11 is 6.40. The lowest BCUT2D eigenvalue weighted by Gasteiger charge is -2.32. The number of fused-ring (bicyclic) bond motifs is 1. The molecule has 0 radical (unpaired) electrons. The number of hydrogen-bond acceptors (Lipinski definition) is 6. The van der Waals surface area contributed by atoms with Gasteiger partial charge in [0.1, 0.15) is 17.7 Å². The highest BCUT2D eigenvalue weighted by Crippen LogP contribution is 2.37. The van der Waals surface area contributed by atoms with E-state index in [0.717, 1.165) is 23.0 Å². The highest BCUT2D eigenvalue weighted by atomic mass is 35.5. The molecule has 37 heavy (non-hydrogen) atoms. The molecular weight excluding hydrogens is 505 g/mol. The van der Waals surface area contributed by atoms with Crippen LogP contribution >= 0.6 is 11.6 Å². The summed E-state index contributed by atoms with van der Waals surface area (Å²) in [5, 5.41) is 12.8. The van der Waals surface area contributed by atoms with Crippen LogP contribution in [-0.2, 0) is 4.74 Å². The minimum atomic E-state index is -2.89. The maximum Gasteiger partial charge on any atom is 0.262 e. The normalized spacial score (nSPS) is 16.8. The lowest BCUT2D eigenvalue weighted by molar-refractivity contribution is 0.00336. The van der Waals surface area contributed by atoms with Crippen LogP contribution in [0, 0.1) is 5.82 Å². The third-order valence-corrected chi connectivity index (χ3v) is 6.65. The van der Waals surface area contributed by atoms with Crippen molar-refractivity contribution in [1.82, 2.24) is 9.97 Å². The molecule has 3 heterocycles. The number of alkyl halides is 2. The third kappa shape index (κ3) is 5.34. The number of ether oxygens (including phenoxy) is 1. The molecule has 0 aliphatic carbocycles. The third-order valence-electron chi connectivity index (χ3n) is 6.36. The van der Waals surface area contributed by atoms with Crippen molar-refractivity contribution in [3.63, 3.8) is 0 Å². The number of morpholine rings is 1. The summed E-state index contributed by atoms with van der Waals surface area (Å²) in [5.41, 5.74) is 2.23. The van der Waals surface area contributed by atoms with Gasteiger partial charge in [-0.05, 0) is 35.9 Å². The van der Waals surface area contributed by atoms with Gasteiger partial charge in [-0.1, -0.05) is 35.9 Å². The first kappa shape index (κ1) is 25.3. The van der Waals surface area contributed by atoms with E-state index in [0.29, 0.717) is 30.6 Å². The van der Waals surface area contributed by atoms with Crippen molar-refractivity contribution in [3.8, 4) is 11.1 Å². The minimum absolute atomic E-state index is 0.0536. The van der Waals surface area contributed by atoms with Crippen LogP contribution in [0.25, 0.3) is 22.0 Å². The number of halogens is 4. The summed E-state index contributed by atoms with van der Waals surface area (Å²) in [4.78, 5) is 10.9. The molecule has 0 saturated carbocycles. The van der Waals surface area contributed by atoms with Gasteiger partial charge in [0.25, 0.3) is 6.43 Å². The van der Waals surface area contributed by atoms with E-state index in [-0.39, 0.29) is 29.0 Å². The summed E-state index contributed by atoms with van der Waals surface area (Å²) in [6, 6.07) is 13.1. The van der Waals surface area contributed by atoms with Gasteiger partial charge in [0, 0.05) is 42.0 Å². The molecule has 0 bridgehead atoms. The Hall–Kier alpha value is -3.40. The Labute approximate surface area is 216 Å². The Morgan fingerprint density at radius 1 is 1.08 bits per heavy atom. The topological polar surface area (TPSA) is 70.5 Å². The van der Waals surface area contributed by atoms with E-state index in [9.17, 15) is 18.3 Å². The summed E-state index contributed by atoms with van der Waals surface area (Å²) < 4.78 is 47.9. The van der Waals surface area contributed by atoms with Crippen LogP contribution in [0.15, 0.2) is 67.0 Å². The van der Waals surface area contributed by atoms with Gasteiger partial charge < -0.3 is 20.1 Å². The second kappa shape index (κ2) is 10.9. The number of aliphatic hydroxyl groups excluding tert-OH is 1. The second-order valence-corrected chi connectivity index (χ2v) is 9.12. The van der Waals surface area contributed by atoms with Gasteiger partial charge in [0.15, 0.2) is 0 Å². The quantitative estimate of drug-likeness (QED) is 0.320. The molecule has 6 nitrogen and oxygen atoms in total. The molecule has 2 atom stereocenters. The van der Waals surface area contributed by atoms with Crippen molar-refractivity contribution in [2.24, 2.45) is 0 Å². The van der Waals surface area contributed by atoms with Crippen molar-refractivity contribution in [2.45, 2.75) is 18.6 Å². The van der Waals surface area contributed by atoms with Crippen molar-refractivity contribution in [2.75, 3.05) is 36.5 Å². The van der Waals surface area contributed by atoms with Crippen LogP contribution in [0.1, 0.15) is 11.6 Å². The summed E-state index contributed by atoms with van der Waals surface area (Å²) in [6.07, 6.45) is -0.0255. The van der Waals surface area contributed by atoms with Gasteiger partial charge in [-0.3, -0.25) is 4.98 Å². The molecular formula is C27H24ClF3N4O2. The number of pyridine rings is 2.